The molecule has 11 heteroatoms. The first-order valence-corrected chi connectivity index (χ1v) is 10.4. The first kappa shape index (κ1) is 21.7. The van der Waals surface area contributed by atoms with Crippen LogP contribution in [0.5, 0.6) is 0 Å². The number of non-ortho nitro benzene ring substituents is 1. The third-order valence-corrected chi connectivity index (χ3v) is 5.54. The number of likely N-dealkylation sites (tertiary alicyclic amines) is 1. The molecule has 2 aromatic carbocycles. The number of benzene rings is 2. The second kappa shape index (κ2) is 9.33. The van der Waals surface area contributed by atoms with Crippen LogP contribution >= 0.6 is 11.6 Å². The van der Waals surface area contributed by atoms with E-state index in [4.69, 9.17) is 16.0 Å². The van der Waals surface area contributed by atoms with Crippen molar-refractivity contribution in [3.63, 3.8) is 0 Å². The van der Waals surface area contributed by atoms with E-state index in [9.17, 15) is 19.7 Å². The van der Waals surface area contributed by atoms with Gasteiger partial charge in [0.15, 0.2) is 11.5 Å². The highest BCUT2D eigenvalue weighted by molar-refractivity contribution is 6.31. The second-order valence-electron chi connectivity index (χ2n) is 7.52. The van der Waals surface area contributed by atoms with E-state index in [2.05, 4.69) is 15.8 Å². The van der Waals surface area contributed by atoms with E-state index in [1.165, 1.54) is 18.2 Å². The number of carbonyl (C=O) groups excluding carboxylic acids is 2. The maximum atomic E-state index is 12.2. The molecule has 166 valence electrons. The van der Waals surface area contributed by atoms with Gasteiger partial charge in [-0.15, -0.1) is 0 Å². The van der Waals surface area contributed by atoms with Gasteiger partial charge < -0.3 is 4.42 Å². The molecule has 2 heterocycles. The molecule has 1 saturated heterocycles. The molecule has 4 rings (SSSR count). The standard InChI is InChI=1S/C21H20ClN5O5/c22-15-4-5-18-17(11-15)23-21(32-18)13-6-8-26(9-7-13)12-19(28)24-25-20(29)14-2-1-3-16(10-14)27(30)31/h1-5,10-11,13H,6-9,12H2,(H,24,28)(H,25,29). The van der Waals surface area contributed by atoms with Crippen LogP contribution in [0, 0.1) is 10.1 Å². The third-order valence-electron chi connectivity index (χ3n) is 5.30. The number of halogens is 1. The number of amides is 2. The summed E-state index contributed by atoms with van der Waals surface area (Å²) in [5, 5.41) is 11.4. The molecule has 2 N–H and O–H groups in total. The highest BCUT2D eigenvalue weighted by atomic mass is 35.5. The summed E-state index contributed by atoms with van der Waals surface area (Å²) >= 11 is 6.00. The lowest BCUT2D eigenvalue weighted by molar-refractivity contribution is -0.384. The number of aromatic nitrogens is 1. The molecule has 3 aromatic rings. The van der Waals surface area contributed by atoms with Gasteiger partial charge in [0.1, 0.15) is 5.52 Å². The van der Waals surface area contributed by atoms with Crippen LogP contribution in [0.4, 0.5) is 5.69 Å². The molecule has 0 atom stereocenters. The highest BCUT2D eigenvalue weighted by Crippen LogP contribution is 2.30. The lowest BCUT2D eigenvalue weighted by atomic mass is 9.97. The fraction of sp³-hybridized carbons (Fsp3) is 0.286. The number of nitro groups is 1. The Kier molecular flexibility index (Phi) is 6.33. The Morgan fingerprint density at radius 2 is 1.97 bits per heavy atom. The second-order valence-corrected chi connectivity index (χ2v) is 7.96. The van der Waals surface area contributed by atoms with Crippen molar-refractivity contribution in [3.8, 4) is 0 Å². The van der Waals surface area contributed by atoms with E-state index in [-0.39, 0.29) is 29.6 Å². The zero-order valence-corrected chi connectivity index (χ0v) is 17.7. The summed E-state index contributed by atoms with van der Waals surface area (Å²) in [6, 6.07) is 10.6. The summed E-state index contributed by atoms with van der Waals surface area (Å²) in [4.78, 5) is 41.1. The van der Waals surface area contributed by atoms with E-state index >= 15 is 0 Å². The lowest BCUT2D eigenvalue weighted by Crippen LogP contribution is -2.47. The predicted molar refractivity (Wildman–Crippen MR) is 116 cm³/mol. The number of fused-ring (bicyclic) bond motifs is 1. The third kappa shape index (κ3) is 5.04. The summed E-state index contributed by atoms with van der Waals surface area (Å²) in [6.07, 6.45) is 1.57. The van der Waals surface area contributed by atoms with Crippen molar-refractivity contribution in [2.75, 3.05) is 19.6 Å². The highest BCUT2D eigenvalue weighted by Gasteiger charge is 2.26. The number of nitrogens with zero attached hydrogens (tertiary/aromatic N) is 3. The maximum absolute atomic E-state index is 12.2. The number of carbonyl (C=O) groups is 2. The molecule has 0 unspecified atom stereocenters. The minimum absolute atomic E-state index is 0.0833. The Balaban J connectivity index is 1.25. The van der Waals surface area contributed by atoms with Gasteiger partial charge in [-0.25, -0.2) is 4.98 Å². The smallest absolute Gasteiger partial charge is 0.270 e. The normalized spacial score (nSPS) is 14.9. The van der Waals surface area contributed by atoms with Crippen LogP contribution < -0.4 is 10.9 Å². The van der Waals surface area contributed by atoms with E-state index in [0.717, 1.165) is 24.4 Å². The molecule has 32 heavy (non-hydrogen) atoms. The largest absolute Gasteiger partial charge is 0.440 e. The summed E-state index contributed by atoms with van der Waals surface area (Å²) in [6.45, 7) is 1.47. The van der Waals surface area contributed by atoms with E-state index in [1.807, 2.05) is 4.90 Å². The van der Waals surface area contributed by atoms with Crippen molar-refractivity contribution < 1.29 is 18.9 Å². The van der Waals surface area contributed by atoms with Crippen LogP contribution in [0.15, 0.2) is 46.9 Å². The number of hydrogen-bond donors (Lipinski definition) is 2. The molecule has 10 nitrogen and oxygen atoms in total. The Morgan fingerprint density at radius 3 is 2.72 bits per heavy atom. The van der Waals surface area contributed by atoms with Crippen LogP contribution in [0.3, 0.4) is 0 Å². The topological polar surface area (TPSA) is 131 Å². The number of nitrogens with one attached hydrogen (secondary N) is 2. The summed E-state index contributed by atoms with van der Waals surface area (Å²) in [5.41, 5.74) is 5.95. The molecule has 0 aliphatic carbocycles. The Bertz CT molecular complexity index is 1170. The molecule has 0 saturated carbocycles. The number of piperidine rings is 1. The van der Waals surface area contributed by atoms with E-state index in [0.29, 0.717) is 29.6 Å². The molecule has 0 radical (unpaired) electrons. The van der Waals surface area contributed by atoms with Gasteiger partial charge in [-0.1, -0.05) is 17.7 Å². The van der Waals surface area contributed by atoms with Gasteiger partial charge in [-0.05, 0) is 50.2 Å². The van der Waals surface area contributed by atoms with Gasteiger partial charge in [0.2, 0.25) is 0 Å². The molecule has 1 aliphatic heterocycles. The molecule has 2 amide bonds. The maximum Gasteiger partial charge on any atom is 0.270 e. The zero-order chi connectivity index (χ0) is 22.7. The first-order chi connectivity index (χ1) is 15.4. The molecule has 1 aromatic heterocycles. The number of hydrogen-bond acceptors (Lipinski definition) is 7. The summed E-state index contributed by atoms with van der Waals surface area (Å²) in [5.74, 6) is -0.166. The quantitative estimate of drug-likeness (QED) is 0.444. The minimum atomic E-state index is -0.628. The average Bonchev–Trinajstić information content (AvgIpc) is 3.21. The minimum Gasteiger partial charge on any atom is -0.440 e. The van der Waals surface area contributed by atoms with Crippen molar-refractivity contribution in [1.82, 2.24) is 20.7 Å². The van der Waals surface area contributed by atoms with Crippen molar-refractivity contribution in [2.24, 2.45) is 0 Å². The Labute approximate surface area is 187 Å². The molecule has 0 bridgehead atoms. The molecular formula is C21H20ClN5O5. The first-order valence-electron chi connectivity index (χ1n) is 10.0. The van der Waals surface area contributed by atoms with E-state index in [1.54, 1.807) is 18.2 Å². The summed E-state index contributed by atoms with van der Waals surface area (Å²) < 4.78 is 5.85. The van der Waals surface area contributed by atoms with Crippen molar-refractivity contribution >= 4 is 40.2 Å². The zero-order valence-electron chi connectivity index (χ0n) is 16.9. The molecule has 1 aliphatic rings. The van der Waals surface area contributed by atoms with Crippen molar-refractivity contribution in [2.45, 2.75) is 18.8 Å². The molecule has 0 spiro atoms. The van der Waals surface area contributed by atoms with Crippen LogP contribution in [-0.2, 0) is 4.79 Å². The number of oxazole rings is 1. The van der Waals surface area contributed by atoms with Gasteiger partial charge in [0, 0.05) is 28.6 Å². The van der Waals surface area contributed by atoms with Crippen molar-refractivity contribution in [3.05, 3.63) is 69.1 Å². The average molecular weight is 458 g/mol. The number of rotatable bonds is 5. The van der Waals surface area contributed by atoms with Gasteiger partial charge in [-0.3, -0.25) is 35.5 Å². The fourth-order valence-electron chi connectivity index (χ4n) is 3.63. The Hall–Kier alpha value is -3.50. The predicted octanol–water partition coefficient (Wildman–Crippen LogP) is 3.03. The van der Waals surface area contributed by atoms with Gasteiger partial charge in [0.05, 0.1) is 11.5 Å². The SMILES string of the molecule is O=C(CN1CCC(c2nc3cc(Cl)ccc3o2)CC1)NNC(=O)c1cccc([N+](=O)[O-])c1. The Morgan fingerprint density at radius 1 is 1.19 bits per heavy atom. The van der Waals surface area contributed by atoms with Crippen LogP contribution in [0.1, 0.15) is 35.0 Å². The molecule has 1 fully saturated rings. The van der Waals surface area contributed by atoms with E-state index < -0.39 is 10.8 Å². The summed E-state index contributed by atoms with van der Waals surface area (Å²) in [7, 11) is 0. The number of nitro benzene ring substituents is 1. The molecular weight excluding hydrogens is 438 g/mol. The fourth-order valence-corrected chi connectivity index (χ4v) is 3.80. The van der Waals surface area contributed by atoms with Gasteiger partial charge in [0.25, 0.3) is 17.5 Å². The monoisotopic (exact) mass is 457 g/mol. The van der Waals surface area contributed by atoms with Crippen LogP contribution in [-0.4, -0.2) is 46.3 Å². The van der Waals surface area contributed by atoms with Gasteiger partial charge >= 0.3 is 0 Å². The van der Waals surface area contributed by atoms with Crippen molar-refractivity contribution in [1.29, 1.82) is 0 Å². The number of hydrazine groups is 1. The van der Waals surface area contributed by atoms with Gasteiger partial charge in [-0.2, -0.15) is 0 Å². The van der Waals surface area contributed by atoms with Crippen LogP contribution in [0.25, 0.3) is 11.1 Å². The van der Waals surface area contributed by atoms with Crippen LogP contribution in [0.2, 0.25) is 5.02 Å². The lowest BCUT2D eigenvalue weighted by Gasteiger charge is -2.29.